The number of aliphatic hydroxyl groups is 4. The summed E-state index contributed by atoms with van der Waals surface area (Å²) in [6, 6.07) is 0. The zero-order valence-corrected chi connectivity index (χ0v) is 16.0. The Bertz CT molecular complexity index is 536. The van der Waals surface area contributed by atoms with Crippen molar-refractivity contribution in [1.82, 2.24) is 0 Å². The van der Waals surface area contributed by atoms with E-state index in [4.69, 9.17) is 0 Å². The Morgan fingerprint density at radius 3 is 2.32 bits per heavy atom. The molecule has 0 aliphatic heterocycles. The van der Waals surface area contributed by atoms with Crippen molar-refractivity contribution >= 4 is 0 Å². The molecule has 0 aromatic heterocycles. The molecule has 144 valence electrons. The van der Waals surface area contributed by atoms with E-state index in [0.717, 1.165) is 44.9 Å². The second-order valence-corrected chi connectivity index (χ2v) is 10.3. The number of hydrogen-bond acceptors (Lipinski definition) is 4. The molecule has 0 aromatic carbocycles. The van der Waals surface area contributed by atoms with Crippen molar-refractivity contribution in [2.75, 3.05) is 0 Å². The van der Waals surface area contributed by atoms with Crippen LogP contribution in [0, 0.1) is 34.5 Å². The van der Waals surface area contributed by atoms with Crippen molar-refractivity contribution < 1.29 is 20.4 Å². The number of hydrogen-bond donors (Lipinski definition) is 4. The standard InChI is InChI=1S/C21H36O4/c1-12(22)15-7-9-21(25)16-5-4-13-10-14(23)6-8-19(13,2)17(16)11-18(24)20(15,21)3/h12-18,22-25H,4-11H2,1-3H3/t12?,13?,14?,15-,16-,17+,18?,19+,20+,21-/m1/s1. The molecule has 4 N–H and O–H groups in total. The van der Waals surface area contributed by atoms with Crippen LogP contribution in [0.1, 0.15) is 72.1 Å². The molecule has 0 heterocycles. The van der Waals surface area contributed by atoms with Crippen molar-refractivity contribution in [3.63, 3.8) is 0 Å². The Morgan fingerprint density at radius 1 is 0.920 bits per heavy atom. The molecular weight excluding hydrogens is 316 g/mol. The van der Waals surface area contributed by atoms with Crippen LogP contribution < -0.4 is 0 Å². The first-order valence-corrected chi connectivity index (χ1v) is 10.4. The minimum atomic E-state index is -0.874. The van der Waals surface area contributed by atoms with Gasteiger partial charge in [0, 0.05) is 5.41 Å². The van der Waals surface area contributed by atoms with Gasteiger partial charge in [-0.1, -0.05) is 13.8 Å². The summed E-state index contributed by atoms with van der Waals surface area (Å²) in [5.41, 5.74) is -1.37. The molecular formula is C21H36O4. The van der Waals surface area contributed by atoms with E-state index in [1.54, 1.807) is 6.92 Å². The first-order valence-electron chi connectivity index (χ1n) is 10.4. The Morgan fingerprint density at radius 2 is 1.64 bits per heavy atom. The zero-order valence-electron chi connectivity index (χ0n) is 16.0. The van der Waals surface area contributed by atoms with Crippen LogP contribution in [-0.2, 0) is 0 Å². The maximum Gasteiger partial charge on any atom is 0.0760 e. The molecule has 4 unspecified atom stereocenters. The van der Waals surface area contributed by atoms with Crippen LogP contribution >= 0.6 is 0 Å². The smallest absolute Gasteiger partial charge is 0.0760 e. The molecule has 0 bridgehead atoms. The summed E-state index contributed by atoms with van der Waals surface area (Å²) in [4.78, 5) is 0. The highest BCUT2D eigenvalue weighted by atomic mass is 16.3. The van der Waals surface area contributed by atoms with E-state index in [1.165, 1.54) is 0 Å². The molecule has 4 rings (SSSR count). The molecule has 4 heteroatoms. The SMILES string of the molecule is CC(O)[C@H]1CC[C@@]2(O)[C@@H]3CCC4CC(O)CC[C@]4(C)[C@H]3CC(O)[C@]12C. The van der Waals surface area contributed by atoms with Crippen molar-refractivity contribution in [3.8, 4) is 0 Å². The van der Waals surface area contributed by atoms with E-state index in [2.05, 4.69) is 6.92 Å². The molecule has 10 atom stereocenters. The highest BCUT2D eigenvalue weighted by molar-refractivity contribution is 5.20. The van der Waals surface area contributed by atoms with Crippen molar-refractivity contribution in [3.05, 3.63) is 0 Å². The second-order valence-electron chi connectivity index (χ2n) is 10.3. The van der Waals surface area contributed by atoms with Gasteiger partial charge in [-0.25, -0.2) is 0 Å². The molecule has 4 aliphatic carbocycles. The van der Waals surface area contributed by atoms with E-state index in [9.17, 15) is 20.4 Å². The zero-order chi connectivity index (χ0) is 18.2. The van der Waals surface area contributed by atoms with E-state index >= 15 is 0 Å². The largest absolute Gasteiger partial charge is 0.393 e. The lowest BCUT2D eigenvalue weighted by Gasteiger charge is -2.65. The van der Waals surface area contributed by atoms with Crippen molar-refractivity contribution in [2.45, 2.75) is 96.1 Å². The first-order chi connectivity index (χ1) is 11.6. The lowest BCUT2D eigenvalue weighted by atomic mass is 9.42. The molecule has 0 amide bonds. The maximum atomic E-state index is 11.9. The van der Waals surface area contributed by atoms with Gasteiger partial charge in [-0.15, -0.1) is 0 Å². The lowest BCUT2D eigenvalue weighted by molar-refractivity contribution is -0.252. The first kappa shape index (κ1) is 18.2. The molecule has 0 spiro atoms. The normalized spacial score (nSPS) is 59.6. The van der Waals surface area contributed by atoms with Crippen LogP contribution in [0.2, 0.25) is 0 Å². The van der Waals surface area contributed by atoms with Gasteiger partial charge >= 0.3 is 0 Å². The van der Waals surface area contributed by atoms with Gasteiger partial charge in [-0.3, -0.25) is 0 Å². The van der Waals surface area contributed by atoms with Gasteiger partial charge in [0.1, 0.15) is 0 Å². The monoisotopic (exact) mass is 352 g/mol. The Balaban J connectivity index is 1.71. The quantitative estimate of drug-likeness (QED) is 0.584. The van der Waals surface area contributed by atoms with Gasteiger partial charge < -0.3 is 20.4 Å². The minimum Gasteiger partial charge on any atom is -0.393 e. The van der Waals surface area contributed by atoms with Gasteiger partial charge in [0.25, 0.3) is 0 Å². The number of aliphatic hydroxyl groups excluding tert-OH is 3. The van der Waals surface area contributed by atoms with E-state index in [1.807, 2.05) is 6.92 Å². The summed E-state index contributed by atoms with van der Waals surface area (Å²) >= 11 is 0. The van der Waals surface area contributed by atoms with E-state index in [-0.39, 0.29) is 23.4 Å². The van der Waals surface area contributed by atoms with E-state index < -0.39 is 23.2 Å². The molecule has 4 nitrogen and oxygen atoms in total. The van der Waals surface area contributed by atoms with E-state index in [0.29, 0.717) is 18.3 Å². The van der Waals surface area contributed by atoms with Gasteiger partial charge in [-0.05, 0) is 87.4 Å². The molecule has 0 aromatic rings. The summed E-state index contributed by atoms with van der Waals surface area (Å²) in [6.07, 6.45) is 5.76. The average molecular weight is 353 g/mol. The molecule has 0 radical (unpaired) electrons. The lowest BCUT2D eigenvalue weighted by Crippen LogP contribution is -2.67. The summed E-state index contributed by atoms with van der Waals surface area (Å²) in [6.45, 7) is 6.18. The van der Waals surface area contributed by atoms with Crippen LogP contribution in [0.25, 0.3) is 0 Å². The summed E-state index contributed by atoms with van der Waals surface area (Å²) in [5.74, 6) is 1.000. The van der Waals surface area contributed by atoms with Gasteiger partial charge in [0.05, 0.1) is 23.9 Å². The summed E-state index contributed by atoms with van der Waals surface area (Å²) in [5, 5.41) is 43.5. The molecule has 4 fully saturated rings. The van der Waals surface area contributed by atoms with Crippen LogP contribution in [0.3, 0.4) is 0 Å². The minimum absolute atomic E-state index is 0.0350. The highest BCUT2D eigenvalue weighted by Crippen LogP contribution is 2.69. The van der Waals surface area contributed by atoms with Crippen LogP contribution in [0.4, 0.5) is 0 Å². The molecule has 25 heavy (non-hydrogen) atoms. The van der Waals surface area contributed by atoms with Crippen LogP contribution in [0.5, 0.6) is 0 Å². The van der Waals surface area contributed by atoms with Crippen LogP contribution in [0.15, 0.2) is 0 Å². The van der Waals surface area contributed by atoms with Gasteiger partial charge in [-0.2, -0.15) is 0 Å². The fourth-order valence-corrected chi connectivity index (χ4v) is 7.99. The average Bonchev–Trinajstić information content (AvgIpc) is 2.83. The fourth-order valence-electron chi connectivity index (χ4n) is 7.99. The molecule has 4 aliphatic rings. The molecule has 4 saturated carbocycles. The van der Waals surface area contributed by atoms with Gasteiger partial charge in [0.2, 0.25) is 0 Å². The molecule has 0 saturated heterocycles. The van der Waals surface area contributed by atoms with Crippen LogP contribution in [-0.4, -0.2) is 44.3 Å². The third-order valence-electron chi connectivity index (χ3n) is 9.57. The fraction of sp³-hybridized carbons (Fsp3) is 1.00. The predicted molar refractivity (Wildman–Crippen MR) is 95.8 cm³/mol. The number of rotatable bonds is 1. The predicted octanol–water partition coefficient (Wildman–Crippen LogP) is 2.47. The third kappa shape index (κ3) is 2.20. The Kier molecular flexibility index (Phi) is 4.13. The van der Waals surface area contributed by atoms with Crippen molar-refractivity contribution in [2.24, 2.45) is 34.5 Å². The summed E-state index contributed by atoms with van der Waals surface area (Å²) in [7, 11) is 0. The number of fused-ring (bicyclic) bond motifs is 5. The second kappa shape index (κ2) is 5.67. The third-order valence-corrected chi connectivity index (χ3v) is 9.57. The Hall–Kier alpha value is -0.160. The summed E-state index contributed by atoms with van der Waals surface area (Å²) < 4.78 is 0. The van der Waals surface area contributed by atoms with Gasteiger partial charge in [0.15, 0.2) is 0 Å². The Labute approximate surface area is 151 Å². The highest BCUT2D eigenvalue weighted by Gasteiger charge is 2.70. The maximum absolute atomic E-state index is 11.9. The van der Waals surface area contributed by atoms with Crippen molar-refractivity contribution in [1.29, 1.82) is 0 Å². The topological polar surface area (TPSA) is 80.9 Å².